The smallest absolute Gasteiger partial charge is 0.253 e. The molecule has 2 aliphatic rings. The Labute approximate surface area is 89.9 Å². The minimum absolute atomic E-state index is 0.0948. The number of rotatable bonds is 1. The van der Waals surface area contributed by atoms with Crippen LogP contribution in [0, 0.1) is 0 Å². The molecule has 0 radical (unpaired) electrons. The van der Waals surface area contributed by atoms with Gasteiger partial charge in [0.2, 0.25) is 0 Å². The van der Waals surface area contributed by atoms with E-state index in [-0.39, 0.29) is 18.1 Å². The number of nitrogens with zero attached hydrogens (tertiary/aromatic N) is 1. The van der Waals surface area contributed by atoms with Crippen molar-refractivity contribution in [3.63, 3.8) is 0 Å². The monoisotopic (exact) mass is 213 g/mol. The molecule has 0 aromatic heterocycles. The number of carbonyl (C=O) groups excluding carboxylic acids is 1. The first-order valence-electron chi connectivity index (χ1n) is 5.64. The highest BCUT2D eigenvalue weighted by molar-refractivity contribution is 5.81. The molecule has 0 aliphatic carbocycles. The van der Waals surface area contributed by atoms with Crippen LogP contribution in [0.1, 0.15) is 12.8 Å². The van der Waals surface area contributed by atoms with Crippen molar-refractivity contribution >= 4 is 5.91 Å². The zero-order chi connectivity index (χ0) is 10.7. The number of nitrogens with two attached hydrogens (primary N) is 1. The van der Waals surface area contributed by atoms with Gasteiger partial charge in [0.25, 0.3) is 5.91 Å². The van der Waals surface area contributed by atoms with E-state index >= 15 is 0 Å². The van der Waals surface area contributed by atoms with E-state index in [1.54, 1.807) is 0 Å². The van der Waals surface area contributed by atoms with Crippen molar-refractivity contribution in [1.82, 2.24) is 10.2 Å². The van der Waals surface area contributed by atoms with E-state index in [0.29, 0.717) is 19.7 Å². The second-order valence-corrected chi connectivity index (χ2v) is 4.25. The maximum Gasteiger partial charge on any atom is 0.253 e. The molecule has 0 aromatic rings. The molecular weight excluding hydrogens is 194 g/mol. The third kappa shape index (κ3) is 2.68. The molecule has 2 rings (SSSR count). The molecule has 15 heavy (non-hydrogen) atoms. The molecule has 0 unspecified atom stereocenters. The molecule has 5 heteroatoms. The Balaban J connectivity index is 1.88. The molecule has 2 fully saturated rings. The summed E-state index contributed by atoms with van der Waals surface area (Å²) in [4.78, 5) is 13.8. The van der Waals surface area contributed by atoms with Crippen molar-refractivity contribution < 1.29 is 9.53 Å². The van der Waals surface area contributed by atoms with E-state index in [0.717, 1.165) is 25.9 Å². The number of ether oxygens (including phenoxy) is 1. The number of hydrogen-bond acceptors (Lipinski definition) is 4. The fourth-order valence-electron chi connectivity index (χ4n) is 2.14. The summed E-state index contributed by atoms with van der Waals surface area (Å²) in [5.74, 6) is 0.0948. The van der Waals surface area contributed by atoms with Gasteiger partial charge in [-0.2, -0.15) is 0 Å². The van der Waals surface area contributed by atoms with Crippen molar-refractivity contribution in [2.75, 3.05) is 32.8 Å². The molecule has 2 aliphatic heterocycles. The molecule has 5 nitrogen and oxygen atoms in total. The van der Waals surface area contributed by atoms with Crippen LogP contribution in [-0.2, 0) is 9.53 Å². The van der Waals surface area contributed by atoms with Crippen molar-refractivity contribution in [1.29, 1.82) is 0 Å². The number of hydrogen-bond donors (Lipinski definition) is 2. The average molecular weight is 213 g/mol. The van der Waals surface area contributed by atoms with Crippen molar-refractivity contribution in [3.8, 4) is 0 Å². The van der Waals surface area contributed by atoms with Crippen LogP contribution in [0.2, 0.25) is 0 Å². The number of nitrogens with one attached hydrogen (secondary N) is 1. The molecule has 1 amide bonds. The van der Waals surface area contributed by atoms with Crippen molar-refractivity contribution in [2.24, 2.45) is 5.73 Å². The highest BCUT2D eigenvalue weighted by Crippen LogP contribution is 2.11. The van der Waals surface area contributed by atoms with Crippen LogP contribution in [0.3, 0.4) is 0 Å². The fraction of sp³-hybridized carbons (Fsp3) is 0.900. The molecule has 0 saturated carbocycles. The molecule has 3 N–H and O–H groups in total. The first-order chi connectivity index (χ1) is 7.27. The second-order valence-electron chi connectivity index (χ2n) is 4.25. The van der Waals surface area contributed by atoms with E-state index < -0.39 is 0 Å². The van der Waals surface area contributed by atoms with Crippen LogP contribution in [-0.4, -0.2) is 55.7 Å². The predicted molar refractivity (Wildman–Crippen MR) is 56.4 cm³/mol. The van der Waals surface area contributed by atoms with E-state index in [9.17, 15) is 4.79 Å². The molecule has 0 spiro atoms. The Morgan fingerprint density at radius 2 is 2.40 bits per heavy atom. The fourth-order valence-corrected chi connectivity index (χ4v) is 2.14. The van der Waals surface area contributed by atoms with E-state index in [4.69, 9.17) is 10.5 Å². The molecule has 0 aromatic carbocycles. The molecule has 2 heterocycles. The second kappa shape index (κ2) is 4.92. The minimum atomic E-state index is -0.302. The quantitative estimate of drug-likeness (QED) is 0.582. The van der Waals surface area contributed by atoms with Gasteiger partial charge in [0.15, 0.2) is 0 Å². The van der Waals surface area contributed by atoms with Gasteiger partial charge >= 0.3 is 0 Å². The first-order valence-corrected chi connectivity index (χ1v) is 5.64. The van der Waals surface area contributed by atoms with Gasteiger partial charge in [0.05, 0.1) is 6.61 Å². The van der Waals surface area contributed by atoms with Crippen LogP contribution >= 0.6 is 0 Å². The number of carbonyl (C=O) groups is 1. The van der Waals surface area contributed by atoms with Crippen LogP contribution in [0.4, 0.5) is 0 Å². The maximum absolute atomic E-state index is 12.0. The molecule has 2 atom stereocenters. The zero-order valence-electron chi connectivity index (χ0n) is 8.95. The van der Waals surface area contributed by atoms with Gasteiger partial charge in [-0.05, 0) is 12.8 Å². The zero-order valence-corrected chi connectivity index (χ0v) is 8.95. The Morgan fingerprint density at radius 3 is 3.07 bits per heavy atom. The van der Waals surface area contributed by atoms with E-state index in [2.05, 4.69) is 5.32 Å². The lowest BCUT2D eigenvalue weighted by molar-refractivity contribution is -0.146. The largest absolute Gasteiger partial charge is 0.366 e. The Bertz CT molecular complexity index is 229. The first kappa shape index (κ1) is 10.9. The predicted octanol–water partition coefficient (Wildman–Crippen LogP) is -1.08. The van der Waals surface area contributed by atoms with Gasteiger partial charge in [-0.1, -0.05) is 0 Å². The van der Waals surface area contributed by atoms with Gasteiger partial charge in [-0.3, -0.25) is 4.79 Å². The number of piperidine rings is 1. The SMILES string of the molecule is N[C@@H]1CCCN(C(=O)[C@H]2CNCCO2)C1. The van der Waals surface area contributed by atoms with Crippen molar-refractivity contribution in [2.45, 2.75) is 25.0 Å². The molecular formula is C10H19N3O2. The third-order valence-electron chi connectivity index (χ3n) is 2.97. The summed E-state index contributed by atoms with van der Waals surface area (Å²) in [5.41, 5.74) is 5.84. The Hall–Kier alpha value is -0.650. The summed E-state index contributed by atoms with van der Waals surface area (Å²) < 4.78 is 5.43. The van der Waals surface area contributed by atoms with E-state index in [1.165, 1.54) is 0 Å². The Morgan fingerprint density at radius 1 is 1.53 bits per heavy atom. The summed E-state index contributed by atoms with van der Waals surface area (Å²) in [7, 11) is 0. The minimum Gasteiger partial charge on any atom is -0.366 e. The lowest BCUT2D eigenvalue weighted by atomic mass is 10.1. The summed E-state index contributed by atoms with van der Waals surface area (Å²) in [6.45, 7) is 3.59. The maximum atomic E-state index is 12.0. The van der Waals surface area contributed by atoms with Crippen molar-refractivity contribution in [3.05, 3.63) is 0 Å². The van der Waals surface area contributed by atoms with Crippen LogP contribution in [0.5, 0.6) is 0 Å². The van der Waals surface area contributed by atoms with Gasteiger partial charge in [0, 0.05) is 32.2 Å². The topological polar surface area (TPSA) is 67.6 Å². The summed E-state index contributed by atoms with van der Waals surface area (Å²) in [6.07, 6.45) is 1.73. The number of amides is 1. The molecule has 0 bridgehead atoms. The van der Waals surface area contributed by atoms with Gasteiger partial charge in [-0.25, -0.2) is 0 Å². The summed E-state index contributed by atoms with van der Waals surface area (Å²) in [5, 5.41) is 3.16. The summed E-state index contributed by atoms with van der Waals surface area (Å²) >= 11 is 0. The normalized spacial score (nSPS) is 32.7. The van der Waals surface area contributed by atoms with Crippen LogP contribution in [0.15, 0.2) is 0 Å². The van der Waals surface area contributed by atoms with Crippen LogP contribution in [0.25, 0.3) is 0 Å². The van der Waals surface area contributed by atoms with E-state index in [1.807, 2.05) is 4.90 Å². The van der Waals surface area contributed by atoms with Gasteiger partial charge < -0.3 is 20.7 Å². The van der Waals surface area contributed by atoms with Gasteiger partial charge in [0.1, 0.15) is 6.10 Å². The lowest BCUT2D eigenvalue weighted by Gasteiger charge is -2.34. The average Bonchev–Trinajstić information content (AvgIpc) is 2.29. The lowest BCUT2D eigenvalue weighted by Crippen LogP contribution is -2.53. The summed E-state index contributed by atoms with van der Waals surface area (Å²) in [6, 6.07) is 0.138. The number of likely N-dealkylation sites (tertiary alicyclic amines) is 1. The van der Waals surface area contributed by atoms with Gasteiger partial charge in [-0.15, -0.1) is 0 Å². The Kier molecular flexibility index (Phi) is 3.56. The molecule has 86 valence electrons. The highest BCUT2D eigenvalue weighted by atomic mass is 16.5. The molecule has 2 saturated heterocycles. The highest BCUT2D eigenvalue weighted by Gasteiger charge is 2.29. The third-order valence-corrected chi connectivity index (χ3v) is 2.97. The number of morpholine rings is 1. The van der Waals surface area contributed by atoms with Crippen LogP contribution < -0.4 is 11.1 Å². The standard InChI is InChI=1S/C10H19N3O2/c11-8-2-1-4-13(7-8)10(14)9-6-12-3-5-15-9/h8-9,12H,1-7,11H2/t8-,9-/m1/s1.